The SMILES string of the molecule is CCCNCC1(c2cc(Cl)ccc2OC)CCC1C. The van der Waals surface area contributed by atoms with Crippen LogP contribution in [0.3, 0.4) is 0 Å². The molecular formula is C16H24ClNO. The summed E-state index contributed by atoms with van der Waals surface area (Å²) in [6, 6.07) is 5.98. The van der Waals surface area contributed by atoms with Gasteiger partial charge in [0.2, 0.25) is 0 Å². The van der Waals surface area contributed by atoms with Gasteiger partial charge in [-0.2, -0.15) is 0 Å². The fourth-order valence-corrected chi connectivity index (χ4v) is 3.27. The van der Waals surface area contributed by atoms with E-state index < -0.39 is 0 Å². The molecule has 1 saturated carbocycles. The lowest BCUT2D eigenvalue weighted by atomic mass is 9.57. The number of hydrogen-bond acceptors (Lipinski definition) is 2. The number of rotatable bonds is 6. The van der Waals surface area contributed by atoms with Crippen LogP contribution in [0.15, 0.2) is 18.2 Å². The Balaban J connectivity index is 2.31. The van der Waals surface area contributed by atoms with E-state index in [-0.39, 0.29) is 5.41 Å². The first-order valence-corrected chi connectivity index (χ1v) is 7.56. The van der Waals surface area contributed by atoms with Gasteiger partial charge in [0, 0.05) is 22.5 Å². The average Bonchev–Trinajstić information content (AvgIpc) is 2.42. The van der Waals surface area contributed by atoms with Gasteiger partial charge < -0.3 is 10.1 Å². The van der Waals surface area contributed by atoms with Crippen molar-refractivity contribution in [3.63, 3.8) is 0 Å². The van der Waals surface area contributed by atoms with E-state index in [0.717, 1.165) is 30.3 Å². The average molecular weight is 282 g/mol. The Bertz CT molecular complexity index is 435. The lowest BCUT2D eigenvalue weighted by Gasteiger charge is -2.49. The lowest BCUT2D eigenvalue weighted by molar-refractivity contribution is 0.130. The third-order valence-corrected chi connectivity index (χ3v) is 4.77. The first-order chi connectivity index (χ1) is 9.14. The van der Waals surface area contributed by atoms with E-state index in [9.17, 15) is 0 Å². The second-order valence-electron chi connectivity index (χ2n) is 5.62. The first kappa shape index (κ1) is 14.7. The monoisotopic (exact) mass is 281 g/mol. The highest BCUT2D eigenvalue weighted by atomic mass is 35.5. The van der Waals surface area contributed by atoms with E-state index >= 15 is 0 Å². The van der Waals surface area contributed by atoms with Gasteiger partial charge in [0.15, 0.2) is 0 Å². The van der Waals surface area contributed by atoms with Crippen LogP contribution >= 0.6 is 11.6 Å². The molecule has 0 saturated heterocycles. The van der Waals surface area contributed by atoms with Crippen molar-refractivity contribution in [3.8, 4) is 5.75 Å². The van der Waals surface area contributed by atoms with Crippen LogP contribution in [0.4, 0.5) is 0 Å². The molecule has 1 aliphatic rings. The van der Waals surface area contributed by atoms with Gasteiger partial charge in [0.25, 0.3) is 0 Å². The van der Waals surface area contributed by atoms with Crippen molar-refractivity contribution in [2.24, 2.45) is 5.92 Å². The Labute approximate surface area is 121 Å². The second kappa shape index (κ2) is 6.15. The lowest BCUT2D eigenvalue weighted by Crippen LogP contribution is -2.50. The van der Waals surface area contributed by atoms with E-state index in [0.29, 0.717) is 5.92 Å². The van der Waals surface area contributed by atoms with Gasteiger partial charge in [0.1, 0.15) is 5.75 Å². The normalized spacial score (nSPS) is 26.0. The topological polar surface area (TPSA) is 21.3 Å². The molecular weight excluding hydrogens is 258 g/mol. The fourth-order valence-electron chi connectivity index (χ4n) is 3.10. The maximum Gasteiger partial charge on any atom is 0.122 e. The number of nitrogens with one attached hydrogen (secondary N) is 1. The molecule has 106 valence electrons. The molecule has 1 N–H and O–H groups in total. The van der Waals surface area contributed by atoms with Crippen molar-refractivity contribution < 1.29 is 4.74 Å². The molecule has 0 radical (unpaired) electrons. The Morgan fingerprint density at radius 1 is 1.47 bits per heavy atom. The Morgan fingerprint density at radius 3 is 2.79 bits per heavy atom. The summed E-state index contributed by atoms with van der Waals surface area (Å²) < 4.78 is 5.55. The van der Waals surface area contributed by atoms with Crippen LogP contribution in [0.2, 0.25) is 5.02 Å². The predicted octanol–water partition coefficient (Wildman–Crippen LogP) is 4.02. The third-order valence-electron chi connectivity index (χ3n) is 4.53. The number of hydrogen-bond donors (Lipinski definition) is 1. The summed E-state index contributed by atoms with van der Waals surface area (Å²) in [6.45, 7) is 6.61. The summed E-state index contributed by atoms with van der Waals surface area (Å²) in [5.74, 6) is 1.64. The molecule has 1 aromatic rings. The largest absolute Gasteiger partial charge is 0.496 e. The van der Waals surface area contributed by atoms with Crippen LogP contribution in [0.5, 0.6) is 5.75 Å². The summed E-state index contributed by atoms with van der Waals surface area (Å²) in [4.78, 5) is 0. The molecule has 2 unspecified atom stereocenters. The van der Waals surface area contributed by atoms with Gasteiger partial charge in [-0.1, -0.05) is 25.4 Å². The van der Waals surface area contributed by atoms with Gasteiger partial charge in [-0.3, -0.25) is 0 Å². The smallest absolute Gasteiger partial charge is 0.122 e. The molecule has 1 aliphatic carbocycles. The van der Waals surface area contributed by atoms with Crippen LogP contribution < -0.4 is 10.1 Å². The van der Waals surface area contributed by atoms with Crippen LogP contribution in [-0.4, -0.2) is 20.2 Å². The predicted molar refractivity (Wildman–Crippen MR) is 81.2 cm³/mol. The van der Waals surface area contributed by atoms with Gasteiger partial charge in [-0.25, -0.2) is 0 Å². The standard InChI is InChI=1S/C16H24ClNO/c1-4-9-18-11-16(8-7-12(16)2)14-10-13(17)5-6-15(14)19-3/h5-6,10,12,18H,4,7-9,11H2,1-3H3. The highest BCUT2D eigenvalue weighted by Gasteiger charge is 2.46. The van der Waals surface area contributed by atoms with Gasteiger partial charge in [-0.15, -0.1) is 0 Å². The van der Waals surface area contributed by atoms with Crippen molar-refractivity contribution in [1.82, 2.24) is 5.32 Å². The van der Waals surface area contributed by atoms with E-state index in [2.05, 4.69) is 25.2 Å². The highest BCUT2D eigenvalue weighted by molar-refractivity contribution is 6.30. The van der Waals surface area contributed by atoms with Crippen molar-refractivity contribution >= 4 is 11.6 Å². The highest BCUT2D eigenvalue weighted by Crippen LogP contribution is 2.51. The van der Waals surface area contributed by atoms with Gasteiger partial charge in [-0.05, 0) is 49.9 Å². The molecule has 0 amide bonds. The molecule has 0 bridgehead atoms. The number of methoxy groups -OCH3 is 1. The number of ether oxygens (including phenoxy) is 1. The van der Waals surface area contributed by atoms with Gasteiger partial charge in [0.05, 0.1) is 7.11 Å². The third kappa shape index (κ3) is 2.75. The minimum absolute atomic E-state index is 0.186. The second-order valence-corrected chi connectivity index (χ2v) is 6.05. The maximum atomic E-state index is 6.19. The zero-order valence-electron chi connectivity index (χ0n) is 12.1. The Morgan fingerprint density at radius 2 is 2.26 bits per heavy atom. The van der Waals surface area contributed by atoms with E-state index in [1.54, 1.807) is 7.11 Å². The molecule has 1 aromatic carbocycles. The number of benzene rings is 1. The van der Waals surface area contributed by atoms with E-state index in [1.807, 2.05) is 12.1 Å². The van der Waals surface area contributed by atoms with Crippen LogP contribution in [0.25, 0.3) is 0 Å². The molecule has 19 heavy (non-hydrogen) atoms. The molecule has 0 aliphatic heterocycles. The Kier molecular flexibility index (Phi) is 4.75. The first-order valence-electron chi connectivity index (χ1n) is 7.18. The molecule has 3 heteroatoms. The maximum absolute atomic E-state index is 6.19. The summed E-state index contributed by atoms with van der Waals surface area (Å²) in [6.07, 6.45) is 3.65. The molecule has 0 aromatic heterocycles. The minimum Gasteiger partial charge on any atom is -0.496 e. The summed E-state index contributed by atoms with van der Waals surface area (Å²) in [5.41, 5.74) is 1.45. The zero-order valence-corrected chi connectivity index (χ0v) is 12.9. The summed E-state index contributed by atoms with van der Waals surface area (Å²) in [5, 5.41) is 4.37. The van der Waals surface area contributed by atoms with Crippen LogP contribution in [0.1, 0.15) is 38.7 Å². The summed E-state index contributed by atoms with van der Waals surface area (Å²) in [7, 11) is 1.74. The minimum atomic E-state index is 0.186. The van der Waals surface area contributed by atoms with Crippen LogP contribution in [0, 0.1) is 5.92 Å². The molecule has 0 spiro atoms. The van der Waals surface area contributed by atoms with Crippen molar-refractivity contribution in [1.29, 1.82) is 0 Å². The van der Waals surface area contributed by atoms with E-state index in [4.69, 9.17) is 16.3 Å². The quantitative estimate of drug-likeness (QED) is 0.796. The molecule has 0 heterocycles. The van der Waals surface area contributed by atoms with Crippen LogP contribution in [-0.2, 0) is 5.41 Å². The molecule has 2 rings (SSSR count). The molecule has 1 fully saturated rings. The molecule has 2 atom stereocenters. The van der Waals surface area contributed by atoms with Crippen molar-refractivity contribution in [3.05, 3.63) is 28.8 Å². The Hall–Kier alpha value is -0.730. The number of halogens is 1. The van der Waals surface area contributed by atoms with Gasteiger partial charge >= 0.3 is 0 Å². The van der Waals surface area contributed by atoms with E-state index in [1.165, 1.54) is 18.4 Å². The zero-order chi connectivity index (χ0) is 13.9. The summed E-state index contributed by atoms with van der Waals surface area (Å²) >= 11 is 6.19. The van der Waals surface area contributed by atoms with Crippen molar-refractivity contribution in [2.75, 3.05) is 20.2 Å². The van der Waals surface area contributed by atoms with Crippen molar-refractivity contribution in [2.45, 2.75) is 38.5 Å². The molecule has 2 nitrogen and oxygen atoms in total. The fraction of sp³-hybridized carbons (Fsp3) is 0.625.